The van der Waals surface area contributed by atoms with Crippen LogP contribution in [0.25, 0.3) is 6.08 Å². The van der Waals surface area contributed by atoms with Crippen molar-refractivity contribution < 1.29 is 18.3 Å². The van der Waals surface area contributed by atoms with E-state index in [1.54, 1.807) is 0 Å². The van der Waals surface area contributed by atoms with Crippen LogP contribution in [0.3, 0.4) is 0 Å². The second kappa shape index (κ2) is 5.84. The summed E-state index contributed by atoms with van der Waals surface area (Å²) in [6.45, 7) is 0. The summed E-state index contributed by atoms with van der Waals surface area (Å²) in [5.74, 6) is -1.10. The van der Waals surface area contributed by atoms with Crippen LogP contribution in [0.1, 0.15) is 4.88 Å². The van der Waals surface area contributed by atoms with Crippen molar-refractivity contribution in [1.82, 2.24) is 14.8 Å². The molecule has 0 amide bonds. The zero-order chi connectivity index (χ0) is 15.6. The van der Waals surface area contributed by atoms with Crippen LogP contribution in [0.2, 0.25) is 5.02 Å². The number of nitrogens with zero attached hydrogens (tertiary/aromatic N) is 3. The number of aliphatic carboxylic acids is 1. The normalized spacial score (nSPS) is 11.9. The summed E-state index contributed by atoms with van der Waals surface area (Å²) in [4.78, 5) is 14.8. The standard InChI is InChI=1S/C10H9ClN4O4S2/c1-15-9(7(11)5-13-15)21(18,19)14-10-12-4-6(20-10)2-3-8(16)17/h2-5H,1H3,(H,12,14)(H,16,17)/b3-2+. The summed E-state index contributed by atoms with van der Waals surface area (Å²) in [5.41, 5.74) is 0. The van der Waals surface area contributed by atoms with Gasteiger partial charge in [-0.15, -0.1) is 0 Å². The van der Waals surface area contributed by atoms with Crippen LogP contribution in [-0.4, -0.2) is 34.3 Å². The molecule has 0 saturated heterocycles. The number of anilines is 1. The summed E-state index contributed by atoms with van der Waals surface area (Å²) in [6, 6.07) is 0. The molecule has 0 spiro atoms. The van der Waals surface area contributed by atoms with Crippen LogP contribution in [-0.2, 0) is 21.9 Å². The molecular weight excluding hydrogens is 340 g/mol. The number of carboxylic acids is 1. The van der Waals surface area contributed by atoms with Crippen molar-refractivity contribution in [3.05, 3.63) is 28.4 Å². The summed E-state index contributed by atoms with van der Waals surface area (Å²) in [5, 5.41) is 12.2. The van der Waals surface area contributed by atoms with Gasteiger partial charge in [0, 0.05) is 24.2 Å². The van der Waals surface area contributed by atoms with Crippen LogP contribution in [0, 0.1) is 0 Å². The number of halogens is 1. The zero-order valence-corrected chi connectivity index (χ0v) is 12.9. The minimum Gasteiger partial charge on any atom is -0.478 e. The summed E-state index contributed by atoms with van der Waals surface area (Å²) in [6.07, 6.45) is 4.82. The Hall–Kier alpha value is -1.91. The van der Waals surface area contributed by atoms with Crippen LogP contribution >= 0.6 is 22.9 Å². The number of nitrogens with one attached hydrogen (secondary N) is 1. The molecule has 0 saturated carbocycles. The first-order valence-corrected chi connectivity index (χ1v) is 8.04. The molecular formula is C10H9ClN4O4S2. The fourth-order valence-electron chi connectivity index (χ4n) is 1.43. The maximum Gasteiger partial charge on any atom is 0.328 e. The number of carbonyl (C=O) groups is 1. The van der Waals surface area contributed by atoms with Crippen molar-refractivity contribution in [1.29, 1.82) is 0 Å². The molecule has 0 unspecified atom stereocenters. The Balaban J connectivity index is 2.24. The first-order chi connectivity index (χ1) is 9.79. The molecule has 0 radical (unpaired) electrons. The topological polar surface area (TPSA) is 114 Å². The molecule has 21 heavy (non-hydrogen) atoms. The lowest BCUT2D eigenvalue weighted by Gasteiger charge is -2.05. The van der Waals surface area contributed by atoms with E-state index in [1.807, 2.05) is 0 Å². The molecule has 0 atom stereocenters. The van der Waals surface area contributed by atoms with Gasteiger partial charge < -0.3 is 5.11 Å². The highest BCUT2D eigenvalue weighted by atomic mass is 35.5. The molecule has 11 heteroatoms. The lowest BCUT2D eigenvalue weighted by atomic mass is 10.4. The molecule has 2 aromatic rings. The Kier molecular flexibility index (Phi) is 4.30. The van der Waals surface area contributed by atoms with E-state index in [0.717, 1.165) is 22.1 Å². The number of rotatable bonds is 5. The van der Waals surface area contributed by atoms with Crippen LogP contribution in [0.15, 0.2) is 23.5 Å². The predicted octanol–water partition coefficient (Wildman–Crippen LogP) is 1.43. The van der Waals surface area contributed by atoms with Crippen LogP contribution in [0.4, 0.5) is 5.13 Å². The molecule has 0 aromatic carbocycles. The maximum atomic E-state index is 12.2. The average Bonchev–Trinajstić information content (AvgIpc) is 2.93. The highest BCUT2D eigenvalue weighted by Gasteiger charge is 2.23. The van der Waals surface area contributed by atoms with E-state index in [4.69, 9.17) is 16.7 Å². The first kappa shape index (κ1) is 15.5. The van der Waals surface area contributed by atoms with Crippen molar-refractivity contribution >= 4 is 50.1 Å². The van der Waals surface area contributed by atoms with Crippen molar-refractivity contribution in [2.45, 2.75) is 5.03 Å². The largest absolute Gasteiger partial charge is 0.478 e. The van der Waals surface area contributed by atoms with Gasteiger partial charge in [-0.05, 0) is 6.08 Å². The van der Waals surface area contributed by atoms with Gasteiger partial charge in [-0.3, -0.25) is 9.40 Å². The number of carboxylic acid groups (broad SMARTS) is 1. The highest BCUT2D eigenvalue weighted by molar-refractivity contribution is 7.93. The van der Waals surface area contributed by atoms with Crippen molar-refractivity contribution in [3.63, 3.8) is 0 Å². The Morgan fingerprint density at radius 2 is 2.24 bits per heavy atom. The fourth-order valence-corrected chi connectivity index (χ4v) is 4.05. The molecule has 8 nitrogen and oxygen atoms in total. The summed E-state index contributed by atoms with van der Waals surface area (Å²) < 4.78 is 27.7. The monoisotopic (exact) mass is 348 g/mol. The second-order valence-corrected chi connectivity index (χ2v) is 6.83. The molecule has 0 aliphatic heterocycles. The number of aromatic nitrogens is 3. The average molecular weight is 349 g/mol. The number of hydrogen-bond donors (Lipinski definition) is 2. The van der Waals surface area contributed by atoms with Gasteiger partial charge in [0.2, 0.25) is 0 Å². The molecule has 2 heterocycles. The molecule has 0 aliphatic carbocycles. The minimum absolute atomic E-state index is 0.00690. The highest BCUT2D eigenvalue weighted by Crippen LogP contribution is 2.25. The molecule has 2 N–H and O–H groups in total. The van der Waals surface area contributed by atoms with E-state index in [1.165, 1.54) is 25.5 Å². The van der Waals surface area contributed by atoms with E-state index >= 15 is 0 Å². The fraction of sp³-hybridized carbons (Fsp3) is 0.100. The maximum absolute atomic E-state index is 12.2. The lowest BCUT2D eigenvalue weighted by Crippen LogP contribution is -2.16. The van der Waals surface area contributed by atoms with Crippen LogP contribution in [0.5, 0.6) is 0 Å². The van der Waals surface area contributed by atoms with Gasteiger partial charge in [-0.25, -0.2) is 9.78 Å². The third-order valence-electron chi connectivity index (χ3n) is 2.23. The third kappa shape index (κ3) is 3.60. The third-order valence-corrected chi connectivity index (χ3v) is 5.08. The Labute approximate surface area is 128 Å². The van der Waals surface area contributed by atoms with Gasteiger partial charge in [0.1, 0.15) is 0 Å². The van der Waals surface area contributed by atoms with Gasteiger partial charge in [0.05, 0.1) is 11.2 Å². The number of aryl methyl sites for hydroxylation is 1. The van der Waals surface area contributed by atoms with E-state index < -0.39 is 16.0 Å². The van der Waals surface area contributed by atoms with Gasteiger partial charge in [0.15, 0.2) is 10.2 Å². The van der Waals surface area contributed by atoms with Gasteiger partial charge in [-0.2, -0.15) is 13.5 Å². The Bertz CT molecular complexity index is 789. The predicted molar refractivity (Wildman–Crippen MR) is 77.8 cm³/mol. The smallest absolute Gasteiger partial charge is 0.328 e. The van der Waals surface area contributed by atoms with Crippen molar-refractivity contribution in [2.75, 3.05) is 4.72 Å². The first-order valence-electron chi connectivity index (χ1n) is 5.37. The molecule has 0 aliphatic rings. The SMILES string of the molecule is Cn1ncc(Cl)c1S(=O)(=O)Nc1ncc(/C=C/C(=O)O)s1. The van der Waals surface area contributed by atoms with E-state index in [2.05, 4.69) is 14.8 Å². The van der Waals surface area contributed by atoms with E-state index in [-0.39, 0.29) is 15.2 Å². The molecule has 2 aromatic heterocycles. The Morgan fingerprint density at radius 1 is 1.52 bits per heavy atom. The van der Waals surface area contributed by atoms with Crippen molar-refractivity contribution in [2.24, 2.45) is 7.05 Å². The number of thiazole rings is 1. The van der Waals surface area contributed by atoms with Crippen molar-refractivity contribution in [3.8, 4) is 0 Å². The molecule has 0 fully saturated rings. The van der Waals surface area contributed by atoms with E-state index in [9.17, 15) is 13.2 Å². The molecule has 2 rings (SSSR count). The second-order valence-electron chi connectivity index (χ2n) is 3.77. The molecule has 112 valence electrons. The quantitative estimate of drug-likeness (QED) is 0.790. The number of sulfonamides is 1. The Morgan fingerprint density at radius 3 is 2.81 bits per heavy atom. The van der Waals surface area contributed by atoms with Gasteiger partial charge in [-0.1, -0.05) is 22.9 Å². The van der Waals surface area contributed by atoms with Gasteiger partial charge in [0.25, 0.3) is 10.0 Å². The molecule has 0 bridgehead atoms. The zero-order valence-electron chi connectivity index (χ0n) is 10.5. The number of hydrogen-bond acceptors (Lipinski definition) is 6. The van der Waals surface area contributed by atoms with Crippen LogP contribution < -0.4 is 4.72 Å². The summed E-state index contributed by atoms with van der Waals surface area (Å²) in [7, 11) is -2.48. The van der Waals surface area contributed by atoms with E-state index in [0.29, 0.717) is 4.88 Å². The minimum atomic E-state index is -3.92. The summed E-state index contributed by atoms with van der Waals surface area (Å²) >= 11 is 6.78. The lowest BCUT2D eigenvalue weighted by molar-refractivity contribution is -0.131. The van der Waals surface area contributed by atoms with Gasteiger partial charge >= 0.3 is 5.97 Å².